The molecule has 1 aliphatic carbocycles. The van der Waals surface area contributed by atoms with Crippen LogP contribution in [0.15, 0.2) is 54.9 Å². The fourth-order valence-electron chi connectivity index (χ4n) is 3.26. The van der Waals surface area contributed by atoms with E-state index in [0.29, 0.717) is 18.5 Å². The molecule has 0 unspecified atom stereocenters. The summed E-state index contributed by atoms with van der Waals surface area (Å²) in [5.74, 6) is 0.233. The van der Waals surface area contributed by atoms with Crippen molar-refractivity contribution in [3.8, 4) is 0 Å². The van der Waals surface area contributed by atoms with Crippen LogP contribution >= 0.6 is 0 Å². The maximum atomic E-state index is 11.5. The molecule has 26 heavy (non-hydrogen) atoms. The van der Waals surface area contributed by atoms with Crippen molar-refractivity contribution in [3.63, 3.8) is 0 Å². The molecule has 2 heterocycles. The van der Waals surface area contributed by atoms with E-state index in [1.807, 2.05) is 24.4 Å². The van der Waals surface area contributed by atoms with E-state index >= 15 is 0 Å². The van der Waals surface area contributed by atoms with Gasteiger partial charge in [-0.05, 0) is 57.4 Å². The van der Waals surface area contributed by atoms with Crippen LogP contribution in [0.4, 0.5) is 0 Å². The Morgan fingerprint density at radius 2 is 1.54 bits per heavy atom. The number of carbonyl (C=O) groups is 1. The molecule has 0 aliphatic heterocycles. The second-order valence-corrected chi connectivity index (χ2v) is 7.02. The van der Waals surface area contributed by atoms with Crippen molar-refractivity contribution < 1.29 is 4.79 Å². The van der Waals surface area contributed by atoms with Gasteiger partial charge in [0.05, 0.1) is 5.69 Å². The maximum Gasteiger partial charge on any atom is 0.168 e. The minimum absolute atomic E-state index is 0. The Morgan fingerprint density at radius 1 is 0.885 bits per heavy atom. The van der Waals surface area contributed by atoms with Crippen LogP contribution in [-0.2, 0) is 0 Å². The summed E-state index contributed by atoms with van der Waals surface area (Å²) in [6.07, 6.45) is 8.66. The molecule has 0 fully saturated rings. The van der Waals surface area contributed by atoms with Gasteiger partial charge in [-0.1, -0.05) is 31.7 Å². The SMILES string of the molecule is C.CC(C)n1ccc2c1C=CCC2=O.CC(C)n1ccc2ccccc21. The summed E-state index contributed by atoms with van der Waals surface area (Å²) >= 11 is 0. The molecule has 0 spiro atoms. The topological polar surface area (TPSA) is 26.9 Å². The normalized spacial score (nSPS) is 12.8. The minimum Gasteiger partial charge on any atom is -0.345 e. The molecule has 0 bridgehead atoms. The summed E-state index contributed by atoms with van der Waals surface area (Å²) in [5, 5.41) is 1.33. The van der Waals surface area contributed by atoms with E-state index in [4.69, 9.17) is 0 Å². The lowest BCUT2D eigenvalue weighted by Crippen LogP contribution is -2.07. The van der Waals surface area contributed by atoms with Crippen LogP contribution in [-0.4, -0.2) is 14.9 Å². The molecule has 3 aromatic rings. The lowest BCUT2D eigenvalue weighted by molar-refractivity contribution is 0.0994. The second-order valence-electron chi connectivity index (χ2n) is 7.02. The van der Waals surface area contributed by atoms with Gasteiger partial charge in [0.15, 0.2) is 5.78 Å². The molecular formula is C23H30N2O. The number of para-hydroxylation sites is 1. The predicted octanol–water partition coefficient (Wildman–Crippen LogP) is 6.53. The second kappa shape index (κ2) is 8.22. The van der Waals surface area contributed by atoms with Crippen molar-refractivity contribution in [1.82, 2.24) is 9.13 Å². The average Bonchev–Trinajstić information content (AvgIpc) is 3.20. The smallest absolute Gasteiger partial charge is 0.168 e. The molecule has 138 valence electrons. The van der Waals surface area contributed by atoms with E-state index in [1.54, 1.807) is 0 Å². The average molecular weight is 351 g/mol. The molecule has 0 atom stereocenters. The number of hydrogen-bond acceptors (Lipinski definition) is 1. The highest BCUT2D eigenvalue weighted by Gasteiger charge is 2.17. The van der Waals surface area contributed by atoms with Crippen LogP contribution in [0.3, 0.4) is 0 Å². The molecule has 0 amide bonds. The molecule has 3 nitrogen and oxygen atoms in total. The first-order valence-corrected chi connectivity index (χ1v) is 8.95. The highest BCUT2D eigenvalue weighted by molar-refractivity contribution is 6.02. The van der Waals surface area contributed by atoms with Crippen molar-refractivity contribution in [2.75, 3.05) is 0 Å². The molecule has 1 aromatic carbocycles. The van der Waals surface area contributed by atoms with E-state index in [9.17, 15) is 4.79 Å². The molecule has 0 N–H and O–H groups in total. The van der Waals surface area contributed by atoms with Crippen LogP contribution in [0, 0.1) is 0 Å². The van der Waals surface area contributed by atoms with Gasteiger partial charge in [-0.2, -0.15) is 0 Å². The van der Waals surface area contributed by atoms with Gasteiger partial charge in [0.1, 0.15) is 0 Å². The molecule has 2 aromatic heterocycles. The van der Waals surface area contributed by atoms with Gasteiger partial charge in [-0.3, -0.25) is 4.79 Å². The van der Waals surface area contributed by atoms with E-state index in [1.165, 1.54) is 10.9 Å². The number of rotatable bonds is 2. The van der Waals surface area contributed by atoms with Crippen LogP contribution in [0.5, 0.6) is 0 Å². The number of benzene rings is 1. The third-order valence-electron chi connectivity index (χ3n) is 4.58. The van der Waals surface area contributed by atoms with E-state index in [-0.39, 0.29) is 13.2 Å². The van der Waals surface area contributed by atoms with Crippen LogP contribution in [0.2, 0.25) is 0 Å². The first-order valence-electron chi connectivity index (χ1n) is 8.95. The predicted molar refractivity (Wildman–Crippen MR) is 112 cm³/mol. The number of nitrogens with zero attached hydrogens (tertiary/aromatic N) is 2. The Balaban J connectivity index is 0.000000180. The minimum atomic E-state index is 0. The van der Waals surface area contributed by atoms with Gasteiger partial charge in [-0.15, -0.1) is 0 Å². The quantitative estimate of drug-likeness (QED) is 0.516. The van der Waals surface area contributed by atoms with Gasteiger partial charge in [0, 0.05) is 42.0 Å². The summed E-state index contributed by atoms with van der Waals surface area (Å²) in [4.78, 5) is 11.5. The number of Topliss-reactive ketones (excluding diaryl/α,β-unsaturated/α-hetero) is 1. The van der Waals surface area contributed by atoms with Gasteiger partial charge in [-0.25, -0.2) is 0 Å². The van der Waals surface area contributed by atoms with Gasteiger partial charge in [0.2, 0.25) is 0 Å². The summed E-state index contributed by atoms with van der Waals surface area (Å²) in [6, 6.07) is 13.5. The molecule has 1 aliphatic rings. The van der Waals surface area contributed by atoms with Crippen LogP contribution < -0.4 is 0 Å². The molecular weight excluding hydrogens is 320 g/mol. The maximum absolute atomic E-state index is 11.5. The molecule has 0 saturated carbocycles. The summed E-state index contributed by atoms with van der Waals surface area (Å²) in [6.45, 7) is 8.64. The number of aromatic nitrogens is 2. The zero-order chi connectivity index (χ0) is 18.0. The zero-order valence-electron chi connectivity index (χ0n) is 15.4. The van der Waals surface area contributed by atoms with Crippen molar-refractivity contribution in [2.45, 2.75) is 53.6 Å². The lowest BCUT2D eigenvalue weighted by Gasteiger charge is -2.13. The Bertz CT molecular complexity index is 909. The van der Waals surface area contributed by atoms with Crippen LogP contribution in [0.25, 0.3) is 17.0 Å². The fraction of sp³-hybridized carbons (Fsp3) is 0.348. The van der Waals surface area contributed by atoms with E-state index < -0.39 is 0 Å². The van der Waals surface area contributed by atoms with Crippen molar-refractivity contribution >= 4 is 22.8 Å². The lowest BCUT2D eigenvalue weighted by atomic mass is 10.0. The number of ketones is 1. The Hall–Kier alpha value is -2.55. The fourth-order valence-corrected chi connectivity index (χ4v) is 3.26. The van der Waals surface area contributed by atoms with Crippen molar-refractivity contribution in [2.24, 2.45) is 0 Å². The van der Waals surface area contributed by atoms with E-state index in [0.717, 1.165) is 11.3 Å². The van der Waals surface area contributed by atoms with Gasteiger partial charge >= 0.3 is 0 Å². The zero-order valence-corrected chi connectivity index (χ0v) is 15.4. The summed E-state index contributed by atoms with van der Waals surface area (Å²) in [7, 11) is 0. The number of fused-ring (bicyclic) bond motifs is 2. The number of hydrogen-bond donors (Lipinski definition) is 0. The molecule has 0 radical (unpaired) electrons. The third kappa shape index (κ3) is 3.82. The molecule has 4 rings (SSSR count). The molecule has 3 heteroatoms. The summed E-state index contributed by atoms with van der Waals surface area (Å²) < 4.78 is 4.41. The Kier molecular flexibility index (Phi) is 6.25. The van der Waals surface area contributed by atoms with Gasteiger partial charge in [0.25, 0.3) is 0 Å². The molecule has 0 saturated heterocycles. The van der Waals surface area contributed by atoms with Crippen molar-refractivity contribution in [1.29, 1.82) is 0 Å². The number of allylic oxidation sites excluding steroid dienone is 1. The van der Waals surface area contributed by atoms with Gasteiger partial charge < -0.3 is 9.13 Å². The third-order valence-corrected chi connectivity index (χ3v) is 4.58. The Morgan fingerprint density at radius 3 is 2.23 bits per heavy atom. The first kappa shape index (κ1) is 19.8. The van der Waals surface area contributed by atoms with Crippen molar-refractivity contribution in [3.05, 3.63) is 66.1 Å². The first-order chi connectivity index (χ1) is 12.0. The van der Waals surface area contributed by atoms with E-state index in [2.05, 4.69) is 73.4 Å². The monoisotopic (exact) mass is 350 g/mol. The number of carbonyl (C=O) groups excluding carboxylic acids is 1. The standard InChI is InChI=1S/C11H13NO.C11H13N.CH4/c1-8(2)12-7-6-9-10(12)4-3-5-11(9)13;1-9(2)12-8-7-10-5-3-4-6-11(10)12;/h3-4,6-8H,5H2,1-2H3;3-9H,1-2H3;1H4. The summed E-state index contributed by atoms with van der Waals surface area (Å²) in [5.41, 5.74) is 3.26. The highest BCUT2D eigenvalue weighted by Crippen LogP contribution is 2.23. The highest BCUT2D eigenvalue weighted by atomic mass is 16.1. The largest absolute Gasteiger partial charge is 0.345 e. The Labute approximate surface area is 157 Å². The van der Waals surface area contributed by atoms with Crippen LogP contribution in [0.1, 0.15) is 69.7 Å².